The second-order valence-corrected chi connectivity index (χ2v) is 18.5. The summed E-state index contributed by atoms with van der Waals surface area (Å²) in [6.07, 6.45) is 13.2. The summed E-state index contributed by atoms with van der Waals surface area (Å²) in [4.78, 5) is 24.4. The van der Waals surface area contributed by atoms with Crippen LogP contribution in [-0.4, -0.2) is 13.1 Å². The molecule has 5 aliphatic rings. The van der Waals surface area contributed by atoms with E-state index in [0.29, 0.717) is 48.7 Å². The Balaban J connectivity index is 1.18. The quantitative estimate of drug-likeness (QED) is 0.160. The van der Waals surface area contributed by atoms with Crippen molar-refractivity contribution in [3.05, 3.63) is 77.4 Å². The number of hydrogen-bond acceptors (Lipinski definition) is 4. The third-order valence-electron chi connectivity index (χ3n) is 16.1. The summed E-state index contributed by atoms with van der Waals surface area (Å²) in [7, 11) is 1.56. The number of allylic oxidation sites excluding steroid dienone is 2. The maximum Gasteiger partial charge on any atom is 0.312 e. The van der Waals surface area contributed by atoms with Crippen LogP contribution in [-0.2, 0) is 32.5 Å². The van der Waals surface area contributed by atoms with Gasteiger partial charge in [0, 0.05) is 0 Å². The topological polar surface area (TPSA) is 44.8 Å². The zero-order chi connectivity index (χ0) is 34.8. The highest BCUT2D eigenvalue weighted by atomic mass is 17.2. The molecule has 49 heavy (non-hydrogen) atoms. The predicted molar refractivity (Wildman–Crippen MR) is 197 cm³/mol. The number of carbonyl (C=O) groups is 1. The Labute approximate surface area is 296 Å². The van der Waals surface area contributed by atoms with Crippen LogP contribution in [0.4, 0.5) is 0 Å². The minimum Gasteiger partial charge on any atom is -0.460 e. The molecule has 0 saturated heterocycles. The van der Waals surface area contributed by atoms with Gasteiger partial charge in [-0.05, 0) is 137 Å². The molecule has 0 aliphatic heterocycles. The van der Waals surface area contributed by atoms with Crippen LogP contribution in [0, 0.1) is 62.6 Å². The summed E-state index contributed by atoms with van der Waals surface area (Å²) >= 11 is 0. The third kappa shape index (κ3) is 5.32. The Morgan fingerprint density at radius 3 is 2.18 bits per heavy atom. The molecule has 7 rings (SSSR count). The van der Waals surface area contributed by atoms with Gasteiger partial charge < -0.3 is 4.74 Å². The molecule has 2 aromatic carbocycles. The van der Waals surface area contributed by atoms with Crippen molar-refractivity contribution in [2.45, 2.75) is 119 Å². The van der Waals surface area contributed by atoms with Gasteiger partial charge in [0.05, 0.1) is 12.5 Å². The maximum absolute atomic E-state index is 14.4. The van der Waals surface area contributed by atoms with Gasteiger partial charge in [0.15, 0.2) is 0 Å². The molecule has 2 aromatic rings. The van der Waals surface area contributed by atoms with Gasteiger partial charge in [-0.15, -0.1) is 0 Å². The molecule has 0 aromatic heterocycles. The molecule has 4 nitrogen and oxygen atoms in total. The van der Waals surface area contributed by atoms with Crippen LogP contribution < -0.4 is 0 Å². The third-order valence-corrected chi connectivity index (χ3v) is 16.1. The highest BCUT2D eigenvalue weighted by molar-refractivity contribution is 5.78. The van der Waals surface area contributed by atoms with E-state index in [1.807, 2.05) is 18.2 Å². The van der Waals surface area contributed by atoms with Gasteiger partial charge in [-0.1, -0.05) is 109 Å². The molecule has 5 aliphatic carbocycles. The number of carbonyl (C=O) groups excluding carboxylic acids is 1. The normalized spacial score (nSPS) is 39.3. The van der Waals surface area contributed by atoms with Crippen molar-refractivity contribution >= 4 is 11.5 Å². The van der Waals surface area contributed by atoms with E-state index in [2.05, 4.69) is 90.9 Å². The van der Waals surface area contributed by atoms with Crippen molar-refractivity contribution in [1.82, 2.24) is 0 Å². The predicted octanol–water partition coefficient (Wildman–Crippen LogP) is 11.2. The van der Waals surface area contributed by atoms with Gasteiger partial charge in [0.25, 0.3) is 0 Å². The van der Waals surface area contributed by atoms with E-state index in [1.54, 1.807) is 7.11 Å². The Bertz CT molecular complexity index is 1540. The van der Waals surface area contributed by atoms with Crippen molar-refractivity contribution in [2.24, 2.45) is 62.6 Å². The number of hydrogen-bond donors (Lipinski definition) is 0. The van der Waals surface area contributed by atoms with Crippen molar-refractivity contribution in [3.63, 3.8) is 0 Å². The van der Waals surface area contributed by atoms with Crippen LogP contribution in [0.15, 0.2) is 60.7 Å². The molecule has 4 heteroatoms. The van der Waals surface area contributed by atoms with E-state index in [0.717, 1.165) is 43.2 Å². The average Bonchev–Trinajstić information content (AvgIpc) is 3.49. The average molecular weight is 667 g/mol. The van der Waals surface area contributed by atoms with Crippen LogP contribution in [0.1, 0.15) is 123 Å². The van der Waals surface area contributed by atoms with E-state index in [4.69, 9.17) is 14.5 Å². The highest BCUT2D eigenvalue weighted by Gasteiger charge is 2.72. The molecule has 0 radical (unpaired) electrons. The molecule has 0 amide bonds. The summed E-state index contributed by atoms with van der Waals surface area (Å²) in [6, 6.07) is 19.2. The summed E-state index contributed by atoms with van der Waals surface area (Å²) in [5.41, 5.74) is 5.59. The van der Waals surface area contributed by atoms with Crippen molar-refractivity contribution < 1.29 is 19.3 Å². The second-order valence-electron chi connectivity index (χ2n) is 18.5. The smallest absolute Gasteiger partial charge is 0.312 e. The van der Waals surface area contributed by atoms with E-state index in [9.17, 15) is 4.79 Å². The minimum absolute atomic E-state index is 0.0923. The molecule has 0 heterocycles. The molecule has 266 valence electrons. The minimum atomic E-state index is -0.325. The van der Waals surface area contributed by atoms with Crippen LogP contribution in [0.3, 0.4) is 0 Å². The Morgan fingerprint density at radius 2 is 1.49 bits per heavy atom. The fourth-order valence-corrected chi connectivity index (χ4v) is 13.6. The lowest BCUT2D eigenvalue weighted by molar-refractivity contribution is -0.282. The van der Waals surface area contributed by atoms with E-state index in [-0.39, 0.29) is 33.0 Å². The van der Waals surface area contributed by atoms with Gasteiger partial charge in [-0.25, -0.2) is 9.78 Å². The van der Waals surface area contributed by atoms with Gasteiger partial charge in [-0.2, -0.15) is 0 Å². The van der Waals surface area contributed by atoms with E-state index >= 15 is 0 Å². The summed E-state index contributed by atoms with van der Waals surface area (Å²) in [5, 5.41) is 0. The number of esters is 1. The number of fused-ring (bicyclic) bond motifs is 7. The Kier molecular flexibility index (Phi) is 9.04. The molecule has 9 atom stereocenters. The lowest BCUT2D eigenvalue weighted by atomic mass is 9.32. The highest BCUT2D eigenvalue weighted by Crippen LogP contribution is 2.78. The largest absolute Gasteiger partial charge is 0.460 e. The molecule has 4 fully saturated rings. The number of rotatable bonds is 8. The lowest BCUT2D eigenvalue weighted by Crippen LogP contribution is -2.66. The Hall–Kier alpha value is -2.43. The van der Waals surface area contributed by atoms with Crippen LogP contribution in [0.2, 0.25) is 0 Å². The van der Waals surface area contributed by atoms with E-state index < -0.39 is 0 Å². The summed E-state index contributed by atoms with van der Waals surface area (Å²) in [6.45, 7) is 18.8. The first-order chi connectivity index (χ1) is 23.3. The summed E-state index contributed by atoms with van der Waals surface area (Å²) in [5.74, 6) is 3.59. The number of ether oxygens (including phenoxy) is 1. The molecule has 0 N–H and O–H groups in total. The van der Waals surface area contributed by atoms with Crippen LogP contribution >= 0.6 is 0 Å². The molecular formula is C45H62O4. The lowest BCUT2D eigenvalue weighted by Gasteiger charge is -2.72. The van der Waals surface area contributed by atoms with E-state index in [1.165, 1.54) is 36.8 Å². The van der Waals surface area contributed by atoms with Crippen molar-refractivity contribution in [3.8, 4) is 0 Å². The maximum atomic E-state index is 14.4. The standard InChI is InChI=1S/C45H62O4/c1-30(2)34-20-25-45(40(46)48-28-31-12-10-9-11-13-31)27-26-43(6)36(39(34)45)18-19-38-42(5)23-21-35(33-16-14-32(15-17-33)29-49-47-8)41(3,4)37(42)22-24-44(38,43)7/h9-17,21,30,34,36-39H,18-20,22-29H2,1-8H3/t34-,36+,37?,38?,39?,42-,43+,44+,45-/m0/s1. The van der Waals surface area contributed by atoms with Gasteiger partial charge in [-0.3, -0.25) is 4.79 Å². The fourth-order valence-electron chi connectivity index (χ4n) is 13.6. The Morgan fingerprint density at radius 1 is 0.776 bits per heavy atom. The van der Waals surface area contributed by atoms with Gasteiger partial charge in [0.1, 0.15) is 13.2 Å². The molecule has 0 spiro atoms. The fraction of sp³-hybridized carbons (Fsp3) is 0.667. The first-order valence-electron chi connectivity index (χ1n) is 19.5. The zero-order valence-electron chi connectivity index (χ0n) is 31.6. The SMILES string of the molecule is COOCc1ccc(C2=CC[C@@]3(C)C(CC[C@]4(C)C3CC[C@@H]3C5[C@H](C(C)C)CC[C@]5(C(=O)OCc5ccccc5)CC[C@]34C)C2(C)C)cc1. The second kappa shape index (κ2) is 12.7. The first kappa shape index (κ1) is 35.0. The van der Waals surface area contributed by atoms with Gasteiger partial charge >= 0.3 is 5.97 Å². The summed E-state index contributed by atoms with van der Waals surface area (Å²) < 4.78 is 6.27. The van der Waals surface area contributed by atoms with Crippen LogP contribution in [0.25, 0.3) is 5.57 Å². The van der Waals surface area contributed by atoms with Gasteiger partial charge in [0.2, 0.25) is 0 Å². The molecule has 0 bridgehead atoms. The first-order valence-corrected chi connectivity index (χ1v) is 19.5. The van der Waals surface area contributed by atoms with Crippen LogP contribution in [0.5, 0.6) is 0 Å². The number of benzene rings is 2. The monoisotopic (exact) mass is 666 g/mol. The molecular weight excluding hydrogens is 604 g/mol. The van der Waals surface area contributed by atoms with Crippen molar-refractivity contribution in [1.29, 1.82) is 0 Å². The van der Waals surface area contributed by atoms with Crippen molar-refractivity contribution in [2.75, 3.05) is 7.11 Å². The molecule has 3 unspecified atom stereocenters. The zero-order valence-corrected chi connectivity index (χ0v) is 31.6. The molecule has 4 saturated carbocycles.